The fourth-order valence-corrected chi connectivity index (χ4v) is 5.16. The van der Waals surface area contributed by atoms with Crippen LogP contribution in [0.3, 0.4) is 0 Å². The lowest BCUT2D eigenvalue weighted by molar-refractivity contribution is 0.483. The molecule has 0 aromatic heterocycles. The van der Waals surface area contributed by atoms with Crippen molar-refractivity contribution in [1.29, 1.82) is 0 Å². The molecular weight excluding hydrogens is 496 g/mol. The number of hydrogen-bond donors (Lipinski definition) is 0. The molecule has 1 nitrogen and oxygen atoms in total. The molecule has 1 heteroatoms. The van der Waals surface area contributed by atoms with Gasteiger partial charge in [0.1, 0.15) is 11.5 Å². The predicted molar refractivity (Wildman–Crippen MR) is 172 cm³/mol. The maximum Gasteiger partial charge on any atom is 0.127 e. The minimum absolute atomic E-state index is 0.837. The Labute approximate surface area is 243 Å². The zero-order valence-electron chi connectivity index (χ0n) is 23.2. The molecule has 0 amide bonds. The molecule has 0 radical (unpaired) electrons. The van der Waals surface area contributed by atoms with Crippen LogP contribution in [-0.2, 0) is 25.7 Å². The van der Waals surface area contributed by atoms with E-state index in [9.17, 15) is 0 Å². The maximum absolute atomic E-state index is 6.15. The van der Waals surface area contributed by atoms with Crippen LogP contribution in [0.25, 0.3) is 22.3 Å². The van der Waals surface area contributed by atoms with Gasteiger partial charge in [-0.1, -0.05) is 133 Å². The molecule has 0 bridgehead atoms. The fraction of sp³-hybridized carbons (Fsp3) is 0.100. The Kier molecular flexibility index (Phi) is 8.34. The van der Waals surface area contributed by atoms with E-state index in [0.717, 1.165) is 37.2 Å². The first-order valence-electron chi connectivity index (χ1n) is 14.4. The lowest BCUT2D eigenvalue weighted by atomic mass is 10.0. The van der Waals surface area contributed by atoms with Gasteiger partial charge in [-0.15, -0.1) is 0 Å². The second-order valence-corrected chi connectivity index (χ2v) is 10.5. The van der Waals surface area contributed by atoms with Gasteiger partial charge in [-0.05, 0) is 94.5 Å². The normalized spacial score (nSPS) is 10.8. The van der Waals surface area contributed by atoms with Crippen molar-refractivity contribution in [3.8, 4) is 33.8 Å². The third kappa shape index (κ3) is 7.21. The monoisotopic (exact) mass is 530 g/mol. The molecule has 0 fully saturated rings. The molecule has 0 aliphatic carbocycles. The van der Waals surface area contributed by atoms with Gasteiger partial charge in [-0.3, -0.25) is 0 Å². The summed E-state index contributed by atoms with van der Waals surface area (Å²) in [5, 5.41) is 0. The van der Waals surface area contributed by atoms with Crippen molar-refractivity contribution >= 4 is 0 Å². The van der Waals surface area contributed by atoms with Crippen molar-refractivity contribution in [1.82, 2.24) is 0 Å². The van der Waals surface area contributed by atoms with Gasteiger partial charge in [-0.25, -0.2) is 0 Å². The van der Waals surface area contributed by atoms with Crippen LogP contribution in [0.15, 0.2) is 158 Å². The molecule has 0 atom stereocenters. The highest BCUT2D eigenvalue weighted by atomic mass is 16.5. The summed E-state index contributed by atoms with van der Waals surface area (Å²) in [6.45, 7) is 0. The molecule has 0 aliphatic heterocycles. The van der Waals surface area contributed by atoms with Crippen LogP contribution in [0.5, 0.6) is 11.5 Å². The number of hydrogen-bond acceptors (Lipinski definition) is 1. The van der Waals surface area contributed by atoms with E-state index in [-0.39, 0.29) is 0 Å². The third-order valence-corrected chi connectivity index (χ3v) is 7.61. The second kappa shape index (κ2) is 13.0. The SMILES string of the molecule is c1ccc(CCc2ccc(-c3ccc(Oc4ccc(-c5ccc(CCc6ccccc6)cc5)cc4)cc3)cc2)cc1. The van der Waals surface area contributed by atoms with Gasteiger partial charge in [-0.2, -0.15) is 0 Å². The van der Waals surface area contributed by atoms with Crippen molar-refractivity contribution in [2.24, 2.45) is 0 Å². The summed E-state index contributed by atoms with van der Waals surface area (Å²) in [4.78, 5) is 0. The minimum Gasteiger partial charge on any atom is -0.457 e. The van der Waals surface area contributed by atoms with Crippen LogP contribution < -0.4 is 4.74 Å². The molecule has 0 N–H and O–H groups in total. The molecule has 0 saturated carbocycles. The third-order valence-electron chi connectivity index (χ3n) is 7.61. The Bertz CT molecular complexity index is 1500. The maximum atomic E-state index is 6.15. The molecule has 0 spiro atoms. The van der Waals surface area contributed by atoms with E-state index in [2.05, 4.69) is 133 Å². The van der Waals surface area contributed by atoms with Crippen LogP contribution in [-0.4, -0.2) is 0 Å². The topological polar surface area (TPSA) is 9.23 Å². The summed E-state index contributed by atoms with van der Waals surface area (Å²) in [7, 11) is 0. The zero-order chi connectivity index (χ0) is 27.7. The van der Waals surface area contributed by atoms with Crippen LogP contribution >= 0.6 is 0 Å². The molecule has 0 aliphatic rings. The van der Waals surface area contributed by atoms with E-state index < -0.39 is 0 Å². The van der Waals surface area contributed by atoms with Gasteiger partial charge in [0.15, 0.2) is 0 Å². The van der Waals surface area contributed by atoms with Crippen molar-refractivity contribution in [3.63, 3.8) is 0 Å². The molecule has 0 heterocycles. The lowest BCUT2D eigenvalue weighted by Crippen LogP contribution is -1.91. The Morgan fingerprint density at radius 3 is 0.854 bits per heavy atom. The van der Waals surface area contributed by atoms with Crippen LogP contribution in [0.1, 0.15) is 22.3 Å². The molecule has 200 valence electrons. The summed E-state index contributed by atoms with van der Waals surface area (Å²) in [5.74, 6) is 1.67. The van der Waals surface area contributed by atoms with E-state index in [0.29, 0.717) is 0 Å². The van der Waals surface area contributed by atoms with Crippen molar-refractivity contribution < 1.29 is 4.74 Å². The minimum atomic E-state index is 0.837. The summed E-state index contributed by atoms with van der Waals surface area (Å²) in [6.07, 6.45) is 4.23. The summed E-state index contributed by atoms with van der Waals surface area (Å²) in [6, 6.07) is 55.8. The second-order valence-electron chi connectivity index (χ2n) is 10.5. The highest BCUT2D eigenvalue weighted by Crippen LogP contribution is 2.28. The average molecular weight is 531 g/mol. The van der Waals surface area contributed by atoms with Gasteiger partial charge in [0.25, 0.3) is 0 Å². The number of rotatable bonds is 10. The van der Waals surface area contributed by atoms with E-state index in [4.69, 9.17) is 4.74 Å². The number of aryl methyl sites for hydroxylation is 4. The summed E-state index contributed by atoms with van der Waals surface area (Å²) in [5.41, 5.74) is 10.3. The van der Waals surface area contributed by atoms with Crippen molar-refractivity contribution in [2.75, 3.05) is 0 Å². The van der Waals surface area contributed by atoms with Gasteiger partial charge in [0.2, 0.25) is 0 Å². The first-order valence-corrected chi connectivity index (χ1v) is 14.4. The molecule has 6 aromatic carbocycles. The van der Waals surface area contributed by atoms with Gasteiger partial charge >= 0.3 is 0 Å². The van der Waals surface area contributed by atoms with E-state index >= 15 is 0 Å². The fourth-order valence-electron chi connectivity index (χ4n) is 5.16. The van der Waals surface area contributed by atoms with Crippen molar-refractivity contribution in [2.45, 2.75) is 25.7 Å². The Morgan fingerprint density at radius 2 is 0.537 bits per heavy atom. The number of ether oxygens (including phenoxy) is 1. The summed E-state index contributed by atoms with van der Waals surface area (Å²) < 4.78 is 6.15. The molecule has 41 heavy (non-hydrogen) atoms. The highest BCUT2D eigenvalue weighted by Gasteiger charge is 2.04. The van der Waals surface area contributed by atoms with Crippen LogP contribution in [0, 0.1) is 0 Å². The standard InChI is InChI=1S/C40H34O/c1-3-7-31(8-4-1)11-13-33-15-19-35(20-16-33)37-23-27-39(28-24-37)41-40-29-25-38(26-30-40)36-21-17-34(18-22-36)14-12-32-9-5-2-6-10-32/h1-10,15-30H,11-14H2. The van der Waals surface area contributed by atoms with Gasteiger partial charge in [0, 0.05) is 0 Å². The average Bonchev–Trinajstić information content (AvgIpc) is 3.05. The van der Waals surface area contributed by atoms with Gasteiger partial charge < -0.3 is 4.74 Å². The predicted octanol–water partition coefficient (Wildman–Crippen LogP) is 10.4. The Balaban J connectivity index is 1.02. The summed E-state index contributed by atoms with van der Waals surface area (Å²) >= 11 is 0. The first-order chi connectivity index (χ1) is 20.3. The smallest absolute Gasteiger partial charge is 0.127 e. The van der Waals surface area contributed by atoms with E-state index in [1.807, 2.05) is 24.3 Å². The zero-order valence-corrected chi connectivity index (χ0v) is 23.2. The number of benzene rings is 6. The Hall–Kier alpha value is -4.88. The van der Waals surface area contributed by atoms with Crippen LogP contribution in [0.2, 0.25) is 0 Å². The molecule has 0 unspecified atom stereocenters. The highest BCUT2D eigenvalue weighted by molar-refractivity contribution is 5.66. The Morgan fingerprint density at radius 1 is 0.268 bits per heavy atom. The van der Waals surface area contributed by atoms with E-state index in [1.165, 1.54) is 44.5 Å². The first kappa shape index (κ1) is 26.3. The molecule has 0 saturated heterocycles. The van der Waals surface area contributed by atoms with E-state index in [1.54, 1.807) is 0 Å². The molecular formula is C40H34O. The largest absolute Gasteiger partial charge is 0.457 e. The molecule has 6 aromatic rings. The van der Waals surface area contributed by atoms with Crippen LogP contribution in [0.4, 0.5) is 0 Å². The van der Waals surface area contributed by atoms with Gasteiger partial charge in [0.05, 0.1) is 0 Å². The molecule has 6 rings (SSSR count). The quantitative estimate of drug-likeness (QED) is 0.171. The van der Waals surface area contributed by atoms with Crippen molar-refractivity contribution in [3.05, 3.63) is 180 Å². The lowest BCUT2D eigenvalue weighted by Gasteiger charge is -2.09.